The molecule has 0 aromatic carbocycles. The second kappa shape index (κ2) is 2.42. The van der Waals surface area contributed by atoms with E-state index in [1.54, 1.807) is 6.07 Å². The minimum absolute atomic E-state index is 0.160. The van der Waals surface area contributed by atoms with E-state index in [-0.39, 0.29) is 17.0 Å². The summed E-state index contributed by atoms with van der Waals surface area (Å²) < 4.78 is 4.41. The van der Waals surface area contributed by atoms with Crippen molar-refractivity contribution in [3.05, 3.63) is 17.0 Å². The van der Waals surface area contributed by atoms with Gasteiger partial charge < -0.3 is 9.63 Å². The van der Waals surface area contributed by atoms with E-state index >= 15 is 0 Å². The van der Waals surface area contributed by atoms with Crippen LogP contribution >= 0.6 is 0 Å². The zero-order valence-corrected chi connectivity index (χ0v) is 5.66. The van der Waals surface area contributed by atoms with Gasteiger partial charge in [0.15, 0.2) is 0 Å². The van der Waals surface area contributed by atoms with Crippen LogP contribution in [0.2, 0.25) is 0 Å². The van der Waals surface area contributed by atoms with Crippen molar-refractivity contribution in [1.82, 2.24) is 5.16 Å². The van der Waals surface area contributed by atoms with Crippen LogP contribution in [0.15, 0.2) is 4.52 Å². The van der Waals surface area contributed by atoms with Crippen LogP contribution in [-0.4, -0.2) is 16.2 Å². The Kier molecular flexibility index (Phi) is 1.60. The number of carbonyl (C=O) groups is 1. The van der Waals surface area contributed by atoms with Gasteiger partial charge in [0.25, 0.3) is 5.76 Å². The minimum atomic E-state index is -1.19. The normalized spacial score (nSPS) is 9.09. The molecule has 0 bridgehead atoms. The summed E-state index contributed by atoms with van der Waals surface area (Å²) in [7, 11) is 0. The predicted molar refractivity (Wildman–Crippen MR) is 32.9 cm³/mol. The Morgan fingerprint density at radius 2 is 2.45 bits per heavy atom. The van der Waals surface area contributed by atoms with Crippen molar-refractivity contribution in [2.75, 3.05) is 0 Å². The number of rotatable bonds is 1. The molecule has 1 aromatic heterocycles. The molecule has 0 atom stereocenters. The van der Waals surface area contributed by atoms with E-state index in [2.05, 4.69) is 9.68 Å². The molecule has 0 amide bonds. The largest absolute Gasteiger partial charge is 0.477 e. The summed E-state index contributed by atoms with van der Waals surface area (Å²) in [6, 6.07) is 1.59. The summed E-state index contributed by atoms with van der Waals surface area (Å²) >= 11 is 0. The van der Waals surface area contributed by atoms with Gasteiger partial charge in [0.2, 0.25) is 0 Å². The van der Waals surface area contributed by atoms with Crippen molar-refractivity contribution >= 4 is 5.97 Å². The smallest absolute Gasteiger partial charge is 0.342 e. The van der Waals surface area contributed by atoms with Gasteiger partial charge in [-0.05, 0) is 6.92 Å². The third kappa shape index (κ3) is 1.05. The molecule has 0 fully saturated rings. The second-order valence-corrected chi connectivity index (χ2v) is 1.89. The number of aryl methyl sites for hydroxylation is 1. The summed E-state index contributed by atoms with van der Waals surface area (Å²) in [5, 5.41) is 20.2. The van der Waals surface area contributed by atoms with Crippen molar-refractivity contribution < 1.29 is 14.4 Å². The maximum absolute atomic E-state index is 10.4. The van der Waals surface area contributed by atoms with E-state index in [9.17, 15) is 4.79 Å². The first-order valence-corrected chi connectivity index (χ1v) is 2.76. The Morgan fingerprint density at radius 3 is 2.82 bits per heavy atom. The first-order valence-electron chi connectivity index (χ1n) is 2.76. The van der Waals surface area contributed by atoms with Crippen molar-refractivity contribution in [3.63, 3.8) is 0 Å². The van der Waals surface area contributed by atoms with Gasteiger partial charge >= 0.3 is 5.97 Å². The molecule has 56 valence electrons. The van der Waals surface area contributed by atoms with E-state index in [1.165, 1.54) is 6.92 Å². The lowest BCUT2D eigenvalue weighted by Gasteiger charge is -1.85. The van der Waals surface area contributed by atoms with Gasteiger partial charge in [-0.1, -0.05) is 5.16 Å². The van der Waals surface area contributed by atoms with Gasteiger partial charge in [-0.2, -0.15) is 5.26 Å². The number of hydrogen-bond acceptors (Lipinski definition) is 4. The highest BCUT2D eigenvalue weighted by atomic mass is 16.5. The third-order valence-electron chi connectivity index (χ3n) is 1.18. The monoisotopic (exact) mass is 152 g/mol. The van der Waals surface area contributed by atoms with E-state index in [1.807, 2.05) is 0 Å². The lowest BCUT2D eigenvalue weighted by atomic mass is 10.2. The summed E-state index contributed by atoms with van der Waals surface area (Å²) in [6.45, 7) is 1.47. The zero-order valence-electron chi connectivity index (χ0n) is 5.66. The molecule has 5 nitrogen and oxygen atoms in total. The van der Waals surface area contributed by atoms with Gasteiger partial charge in [-0.15, -0.1) is 0 Å². The molecule has 0 aliphatic heterocycles. The van der Waals surface area contributed by atoms with Crippen LogP contribution in [0, 0.1) is 18.3 Å². The highest BCUT2D eigenvalue weighted by Crippen LogP contribution is 2.11. The topological polar surface area (TPSA) is 87.1 Å². The van der Waals surface area contributed by atoms with Gasteiger partial charge in [-0.3, -0.25) is 0 Å². The molecule has 0 radical (unpaired) electrons. The van der Waals surface area contributed by atoms with Crippen LogP contribution in [0.4, 0.5) is 0 Å². The quantitative estimate of drug-likeness (QED) is 0.634. The van der Waals surface area contributed by atoms with E-state index in [0.29, 0.717) is 0 Å². The average Bonchev–Trinajstić information content (AvgIpc) is 2.30. The van der Waals surface area contributed by atoms with Crippen LogP contribution in [0.3, 0.4) is 0 Å². The molecular weight excluding hydrogens is 148 g/mol. The molecule has 1 aromatic rings. The number of nitriles is 1. The number of hydrogen-bond donors (Lipinski definition) is 1. The minimum Gasteiger partial charge on any atom is -0.477 e. The summed E-state index contributed by atoms with van der Waals surface area (Å²) in [4.78, 5) is 10.4. The zero-order chi connectivity index (χ0) is 8.43. The maximum atomic E-state index is 10.4. The Morgan fingerprint density at radius 1 is 1.82 bits per heavy atom. The van der Waals surface area contributed by atoms with Gasteiger partial charge in [0.1, 0.15) is 11.6 Å². The highest BCUT2D eigenvalue weighted by Gasteiger charge is 2.18. The van der Waals surface area contributed by atoms with Crippen LogP contribution in [0.5, 0.6) is 0 Å². The standard InChI is InChI=1S/C6H4N2O3/c1-3-5(6(9)10)4(2-7)11-8-3/h1H3,(H,9,10). The molecule has 0 unspecified atom stereocenters. The molecule has 0 aliphatic rings. The molecule has 1 heterocycles. The Bertz CT molecular complexity index is 334. The van der Waals surface area contributed by atoms with Crippen molar-refractivity contribution in [3.8, 4) is 6.07 Å². The summed E-state index contributed by atoms with van der Waals surface area (Å²) in [5.74, 6) is -1.45. The first kappa shape index (κ1) is 7.28. The lowest BCUT2D eigenvalue weighted by molar-refractivity contribution is 0.0695. The average molecular weight is 152 g/mol. The molecule has 0 spiro atoms. The first-order chi connectivity index (χ1) is 5.16. The van der Waals surface area contributed by atoms with E-state index in [0.717, 1.165) is 0 Å². The molecule has 0 aliphatic carbocycles. The molecule has 1 N–H and O–H groups in total. The number of aromatic nitrogens is 1. The van der Waals surface area contributed by atoms with Crippen molar-refractivity contribution in [2.45, 2.75) is 6.92 Å². The molecule has 5 heteroatoms. The van der Waals surface area contributed by atoms with Crippen LogP contribution in [-0.2, 0) is 0 Å². The SMILES string of the molecule is Cc1noc(C#N)c1C(=O)O. The Labute approximate surface area is 61.8 Å². The van der Waals surface area contributed by atoms with E-state index < -0.39 is 5.97 Å². The van der Waals surface area contributed by atoms with Gasteiger partial charge in [0, 0.05) is 0 Å². The van der Waals surface area contributed by atoms with Crippen LogP contribution in [0.25, 0.3) is 0 Å². The number of aromatic carboxylic acids is 1. The molecule has 0 saturated heterocycles. The number of carboxylic acids is 1. The highest BCUT2D eigenvalue weighted by molar-refractivity contribution is 5.90. The van der Waals surface area contributed by atoms with Crippen LogP contribution < -0.4 is 0 Å². The third-order valence-corrected chi connectivity index (χ3v) is 1.18. The fraction of sp³-hybridized carbons (Fsp3) is 0.167. The maximum Gasteiger partial charge on any atom is 0.342 e. The predicted octanol–water partition coefficient (Wildman–Crippen LogP) is 0.553. The summed E-state index contributed by atoms with van der Waals surface area (Å²) in [6.07, 6.45) is 0. The fourth-order valence-electron chi connectivity index (χ4n) is 0.698. The van der Waals surface area contributed by atoms with Crippen LogP contribution in [0.1, 0.15) is 21.8 Å². The number of nitrogens with zero attached hydrogens (tertiary/aromatic N) is 2. The molecular formula is C6H4N2O3. The van der Waals surface area contributed by atoms with Crippen molar-refractivity contribution in [1.29, 1.82) is 5.26 Å². The van der Waals surface area contributed by atoms with E-state index in [4.69, 9.17) is 10.4 Å². The molecule has 11 heavy (non-hydrogen) atoms. The van der Waals surface area contributed by atoms with Gasteiger partial charge in [0.05, 0.1) is 5.69 Å². The lowest BCUT2D eigenvalue weighted by Crippen LogP contribution is -1.98. The van der Waals surface area contributed by atoms with Gasteiger partial charge in [-0.25, -0.2) is 4.79 Å². The Balaban J connectivity index is 3.32. The second-order valence-electron chi connectivity index (χ2n) is 1.89. The molecule has 1 rings (SSSR count). The fourth-order valence-corrected chi connectivity index (χ4v) is 0.698. The van der Waals surface area contributed by atoms with Crippen molar-refractivity contribution in [2.24, 2.45) is 0 Å². The number of carboxylic acid groups (broad SMARTS) is 1. The molecule has 0 saturated carbocycles. The Hall–Kier alpha value is -1.83. The summed E-state index contributed by atoms with van der Waals surface area (Å²) in [5.41, 5.74) is 0.0570.